The highest BCUT2D eigenvalue weighted by Crippen LogP contribution is 2.35. The second-order valence-electron chi connectivity index (χ2n) is 6.11. The number of rotatable bonds is 4. The molecule has 0 radical (unpaired) electrons. The minimum Gasteiger partial charge on any atom is -0.318 e. The molecule has 4 atom stereocenters. The number of nitrogens with zero attached hydrogens (tertiary/aromatic N) is 1. The van der Waals surface area contributed by atoms with Crippen LogP contribution in [0, 0.1) is 5.92 Å². The number of carbonyl (C=O) groups excluding carboxylic acids is 1. The molecule has 1 N–H and O–H groups in total. The molecule has 0 aromatic carbocycles. The van der Waals surface area contributed by atoms with Crippen molar-refractivity contribution in [3.63, 3.8) is 0 Å². The summed E-state index contributed by atoms with van der Waals surface area (Å²) < 4.78 is 0. The molecule has 116 valence electrons. The van der Waals surface area contributed by atoms with Crippen LogP contribution in [0.15, 0.2) is 16.8 Å². The quantitative estimate of drug-likeness (QED) is 0.920. The number of thiophene rings is 1. The molecule has 3 nitrogen and oxygen atoms in total. The average molecular weight is 325 g/mol. The van der Waals surface area contributed by atoms with Gasteiger partial charge in [-0.3, -0.25) is 10.1 Å². The number of amides is 1. The molecule has 2 aliphatic rings. The van der Waals surface area contributed by atoms with E-state index in [4.69, 9.17) is 0 Å². The van der Waals surface area contributed by atoms with Gasteiger partial charge in [0.05, 0.1) is 6.04 Å². The van der Waals surface area contributed by atoms with Gasteiger partial charge in [-0.1, -0.05) is 20.3 Å². The van der Waals surface area contributed by atoms with Gasteiger partial charge in [0.1, 0.15) is 6.17 Å². The van der Waals surface area contributed by atoms with E-state index in [-0.39, 0.29) is 12.2 Å². The molecule has 0 saturated carbocycles. The van der Waals surface area contributed by atoms with Crippen LogP contribution >= 0.6 is 23.1 Å². The second-order valence-corrected chi connectivity index (χ2v) is 8.04. The second kappa shape index (κ2) is 6.71. The Hall–Kier alpha value is -0.520. The van der Waals surface area contributed by atoms with Gasteiger partial charge in [0.15, 0.2) is 0 Å². The largest absolute Gasteiger partial charge is 0.318 e. The predicted molar refractivity (Wildman–Crippen MR) is 90.6 cm³/mol. The van der Waals surface area contributed by atoms with Gasteiger partial charge >= 0.3 is 0 Å². The molecule has 2 aliphatic heterocycles. The number of nitrogens with one attached hydrogen (secondary N) is 1. The van der Waals surface area contributed by atoms with Crippen LogP contribution in [0.5, 0.6) is 0 Å². The predicted octanol–water partition coefficient (Wildman–Crippen LogP) is 3.49. The van der Waals surface area contributed by atoms with Crippen LogP contribution in [-0.2, 0) is 4.79 Å². The Morgan fingerprint density at radius 1 is 1.52 bits per heavy atom. The van der Waals surface area contributed by atoms with Gasteiger partial charge in [0, 0.05) is 11.8 Å². The first-order valence-electron chi connectivity index (χ1n) is 7.90. The summed E-state index contributed by atoms with van der Waals surface area (Å²) in [6.45, 7) is 4.34. The summed E-state index contributed by atoms with van der Waals surface area (Å²) in [5.41, 5.74) is 1.25. The lowest BCUT2D eigenvalue weighted by atomic mass is 9.99. The Bertz CT molecular complexity index is 471. The minimum absolute atomic E-state index is 0.0215. The van der Waals surface area contributed by atoms with Crippen LogP contribution in [-0.4, -0.2) is 34.4 Å². The fourth-order valence-electron chi connectivity index (χ4n) is 3.27. The third-order valence-corrected chi connectivity index (χ3v) is 6.64. The van der Waals surface area contributed by atoms with E-state index in [0.717, 1.165) is 18.6 Å². The van der Waals surface area contributed by atoms with Crippen molar-refractivity contribution in [3.8, 4) is 0 Å². The fraction of sp³-hybridized carbons (Fsp3) is 0.688. The molecule has 2 saturated heterocycles. The Kier molecular flexibility index (Phi) is 4.92. The van der Waals surface area contributed by atoms with Crippen molar-refractivity contribution in [3.05, 3.63) is 22.4 Å². The summed E-state index contributed by atoms with van der Waals surface area (Å²) in [4.78, 5) is 15.1. The molecule has 0 spiro atoms. The van der Waals surface area contributed by atoms with Gasteiger partial charge in [-0.25, -0.2) is 0 Å². The maximum absolute atomic E-state index is 13.0. The van der Waals surface area contributed by atoms with Crippen LogP contribution in [0.4, 0.5) is 0 Å². The molecule has 4 unspecified atom stereocenters. The van der Waals surface area contributed by atoms with Crippen molar-refractivity contribution in [1.82, 2.24) is 10.2 Å². The van der Waals surface area contributed by atoms with Crippen LogP contribution in [0.3, 0.4) is 0 Å². The Morgan fingerprint density at radius 3 is 3.00 bits per heavy atom. The summed E-state index contributed by atoms with van der Waals surface area (Å²) in [5.74, 6) is 3.03. The molecule has 1 aromatic heterocycles. The van der Waals surface area contributed by atoms with Gasteiger partial charge in [-0.15, -0.1) is 0 Å². The van der Waals surface area contributed by atoms with E-state index in [9.17, 15) is 4.79 Å². The summed E-state index contributed by atoms with van der Waals surface area (Å²) in [6.07, 6.45) is 3.48. The highest BCUT2D eigenvalue weighted by atomic mass is 32.2. The van der Waals surface area contributed by atoms with Crippen molar-refractivity contribution >= 4 is 29.0 Å². The van der Waals surface area contributed by atoms with Crippen molar-refractivity contribution in [1.29, 1.82) is 0 Å². The van der Waals surface area contributed by atoms with Gasteiger partial charge in [0.2, 0.25) is 5.91 Å². The Balaban J connectivity index is 1.86. The van der Waals surface area contributed by atoms with Crippen molar-refractivity contribution < 1.29 is 4.79 Å². The topological polar surface area (TPSA) is 32.3 Å². The smallest absolute Gasteiger partial charge is 0.241 e. The van der Waals surface area contributed by atoms with Crippen LogP contribution in [0.1, 0.15) is 44.8 Å². The SMILES string of the molecule is CCC(C)C1NC(c2ccsc2)N(C2CCCSC2)C1=O. The van der Waals surface area contributed by atoms with Crippen LogP contribution in [0.2, 0.25) is 0 Å². The van der Waals surface area contributed by atoms with Crippen molar-refractivity contribution in [2.45, 2.75) is 51.4 Å². The third-order valence-electron chi connectivity index (χ3n) is 4.74. The van der Waals surface area contributed by atoms with E-state index in [2.05, 4.69) is 40.9 Å². The van der Waals surface area contributed by atoms with E-state index in [1.807, 2.05) is 11.8 Å². The molecular weight excluding hydrogens is 300 g/mol. The number of hydrogen-bond donors (Lipinski definition) is 1. The zero-order chi connectivity index (χ0) is 14.8. The maximum Gasteiger partial charge on any atom is 0.241 e. The highest BCUT2D eigenvalue weighted by Gasteiger charge is 2.45. The summed E-state index contributed by atoms with van der Waals surface area (Å²) in [7, 11) is 0. The number of hydrogen-bond acceptors (Lipinski definition) is 4. The van der Waals surface area contributed by atoms with Crippen LogP contribution in [0.25, 0.3) is 0 Å². The average Bonchev–Trinajstić information content (AvgIpc) is 3.15. The van der Waals surface area contributed by atoms with E-state index in [0.29, 0.717) is 17.9 Å². The number of thioether (sulfide) groups is 1. The molecular formula is C16H24N2OS2. The Morgan fingerprint density at radius 2 is 2.38 bits per heavy atom. The molecule has 2 fully saturated rings. The lowest BCUT2D eigenvalue weighted by Gasteiger charge is -2.34. The first-order chi connectivity index (χ1) is 10.2. The molecule has 0 aliphatic carbocycles. The molecule has 0 bridgehead atoms. The zero-order valence-corrected chi connectivity index (χ0v) is 14.4. The Labute approximate surface area is 135 Å². The molecule has 21 heavy (non-hydrogen) atoms. The van der Waals surface area contributed by atoms with Gasteiger partial charge in [-0.2, -0.15) is 23.1 Å². The minimum atomic E-state index is -0.0215. The molecule has 3 rings (SSSR count). The monoisotopic (exact) mass is 324 g/mol. The zero-order valence-electron chi connectivity index (χ0n) is 12.7. The molecule has 5 heteroatoms. The lowest BCUT2D eigenvalue weighted by Crippen LogP contribution is -2.43. The molecule has 1 amide bonds. The standard InChI is InChI=1S/C16H24N2OS2/c1-3-11(2)14-16(19)18(13-5-4-7-20-10-13)15(17-14)12-6-8-21-9-12/h6,8-9,11,13-15,17H,3-5,7,10H2,1-2H3. The first-order valence-corrected chi connectivity index (χ1v) is 10.00. The summed E-state index contributed by atoms with van der Waals surface area (Å²) in [6, 6.07) is 2.52. The molecule has 1 aromatic rings. The highest BCUT2D eigenvalue weighted by molar-refractivity contribution is 7.99. The van der Waals surface area contributed by atoms with E-state index < -0.39 is 0 Å². The maximum atomic E-state index is 13.0. The van der Waals surface area contributed by atoms with Gasteiger partial charge in [-0.05, 0) is 46.9 Å². The number of carbonyl (C=O) groups is 1. The van der Waals surface area contributed by atoms with Gasteiger partial charge in [0.25, 0.3) is 0 Å². The fourth-order valence-corrected chi connectivity index (χ4v) is 5.09. The normalized spacial score (nSPS) is 31.6. The molecule has 3 heterocycles. The van der Waals surface area contributed by atoms with E-state index >= 15 is 0 Å². The van der Waals surface area contributed by atoms with Gasteiger partial charge < -0.3 is 4.90 Å². The third kappa shape index (κ3) is 3.01. The first kappa shape index (κ1) is 15.4. The lowest BCUT2D eigenvalue weighted by molar-refractivity contribution is -0.133. The van der Waals surface area contributed by atoms with Crippen molar-refractivity contribution in [2.24, 2.45) is 5.92 Å². The summed E-state index contributed by atoms with van der Waals surface area (Å²) >= 11 is 3.70. The van der Waals surface area contributed by atoms with Crippen LogP contribution < -0.4 is 5.32 Å². The van der Waals surface area contributed by atoms with E-state index in [1.165, 1.54) is 17.7 Å². The van der Waals surface area contributed by atoms with E-state index in [1.54, 1.807) is 11.3 Å². The van der Waals surface area contributed by atoms with Crippen molar-refractivity contribution in [2.75, 3.05) is 11.5 Å². The summed E-state index contributed by atoms with van der Waals surface area (Å²) in [5, 5.41) is 7.89.